The van der Waals surface area contributed by atoms with Gasteiger partial charge in [-0.2, -0.15) is 0 Å². The van der Waals surface area contributed by atoms with Crippen LogP contribution in [0.5, 0.6) is 0 Å². The van der Waals surface area contributed by atoms with Gasteiger partial charge >= 0.3 is 0 Å². The van der Waals surface area contributed by atoms with Crippen molar-refractivity contribution in [2.45, 2.75) is 63.5 Å². The molecule has 1 aliphatic heterocycles. The summed E-state index contributed by atoms with van der Waals surface area (Å²) >= 11 is 0. The van der Waals surface area contributed by atoms with Crippen molar-refractivity contribution < 1.29 is 4.79 Å². The summed E-state index contributed by atoms with van der Waals surface area (Å²) in [6.45, 7) is 4.02. The lowest BCUT2D eigenvalue weighted by molar-refractivity contribution is -0.138. The molecule has 1 saturated heterocycles. The Balaban J connectivity index is 0.00000121. The molecule has 2 saturated carbocycles. The molecule has 1 amide bonds. The van der Waals surface area contributed by atoms with Gasteiger partial charge in [-0.05, 0) is 32.1 Å². The minimum atomic E-state index is 0. The zero-order valence-electron chi connectivity index (χ0n) is 13.4. The van der Waals surface area contributed by atoms with Gasteiger partial charge in [-0.15, -0.1) is 24.8 Å². The number of rotatable bonds is 2. The van der Waals surface area contributed by atoms with Gasteiger partial charge in [0.15, 0.2) is 0 Å². The van der Waals surface area contributed by atoms with Gasteiger partial charge in [0.2, 0.25) is 5.91 Å². The van der Waals surface area contributed by atoms with Gasteiger partial charge in [0.1, 0.15) is 0 Å². The number of amides is 1. The van der Waals surface area contributed by atoms with Crippen molar-refractivity contribution in [3.8, 4) is 0 Å². The van der Waals surface area contributed by atoms with Crippen LogP contribution in [0.2, 0.25) is 0 Å². The first kappa shape index (κ1) is 20.0. The average Bonchev–Trinajstić information content (AvgIpc) is 3.01. The van der Waals surface area contributed by atoms with Gasteiger partial charge in [0.05, 0.1) is 0 Å². The normalized spacial score (nSPS) is 30.5. The maximum absolute atomic E-state index is 12.6. The molecule has 4 nitrogen and oxygen atoms in total. The van der Waals surface area contributed by atoms with E-state index in [0.717, 1.165) is 57.9 Å². The fourth-order valence-corrected chi connectivity index (χ4v) is 4.29. The topological polar surface area (TPSA) is 49.6 Å². The van der Waals surface area contributed by atoms with Gasteiger partial charge in [0.25, 0.3) is 0 Å². The highest BCUT2D eigenvalue weighted by molar-refractivity contribution is 5.85. The van der Waals surface area contributed by atoms with Gasteiger partial charge in [-0.3, -0.25) is 9.69 Å². The molecule has 22 heavy (non-hydrogen) atoms. The fraction of sp³-hybridized carbons (Fsp3) is 0.938. The molecule has 3 rings (SSSR count). The summed E-state index contributed by atoms with van der Waals surface area (Å²) in [5, 5.41) is 0. The number of hydrogen-bond acceptors (Lipinski definition) is 3. The first-order valence-electron chi connectivity index (χ1n) is 8.52. The minimum Gasteiger partial charge on any atom is -0.340 e. The van der Waals surface area contributed by atoms with Crippen LogP contribution in [0, 0.1) is 5.92 Å². The van der Waals surface area contributed by atoms with Crippen molar-refractivity contribution in [1.29, 1.82) is 0 Å². The van der Waals surface area contributed by atoms with Gasteiger partial charge in [-0.25, -0.2) is 0 Å². The van der Waals surface area contributed by atoms with E-state index < -0.39 is 0 Å². The molecule has 1 heterocycles. The van der Waals surface area contributed by atoms with Crippen LogP contribution >= 0.6 is 24.8 Å². The number of hydrogen-bond donors (Lipinski definition) is 1. The van der Waals surface area contributed by atoms with E-state index in [1.54, 1.807) is 0 Å². The molecule has 0 bridgehead atoms. The summed E-state index contributed by atoms with van der Waals surface area (Å²) in [7, 11) is 0. The third-order valence-electron chi connectivity index (χ3n) is 5.53. The van der Waals surface area contributed by atoms with E-state index in [1.165, 1.54) is 25.7 Å². The van der Waals surface area contributed by atoms with Crippen LogP contribution < -0.4 is 5.73 Å². The van der Waals surface area contributed by atoms with E-state index in [2.05, 4.69) is 9.80 Å². The van der Waals surface area contributed by atoms with Crippen LogP contribution in [0.15, 0.2) is 0 Å². The highest BCUT2D eigenvalue weighted by Gasteiger charge is 2.32. The predicted molar refractivity (Wildman–Crippen MR) is 94.8 cm³/mol. The smallest absolute Gasteiger partial charge is 0.225 e. The van der Waals surface area contributed by atoms with Gasteiger partial charge in [0, 0.05) is 44.2 Å². The Kier molecular flexibility index (Phi) is 8.47. The van der Waals surface area contributed by atoms with Crippen LogP contribution in [-0.2, 0) is 4.79 Å². The van der Waals surface area contributed by atoms with Gasteiger partial charge in [-0.1, -0.05) is 19.3 Å². The number of nitrogens with two attached hydrogens (primary N) is 1. The average molecular weight is 352 g/mol. The minimum absolute atomic E-state index is 0. The molecule has 0 aromatic carbocycles. The van der Waals surface area contributed by atoms with E-state index in [0.29, 0.717) is 5.91 Å². The van der Waals surface area contributed by atoms with Crippen LogP contribution in [0.1, 0.15) is 51.4 Å². The first-order chi connectivity index (χ1) is 9.74. The largest absolute Gasteiger partial charge is 0.340 e. The second kappa shape index (κ2) is 9.31. The third kappa shape index (κ3) is 4.73. The summed E-state index contributed by atoms with van der Waals surface area (Å²) in [5.41, 5.74) is 6.02. The lowest BCUT2D eigenvalue weighted by Crippen LogP contribution is -2.53. The van der Waals surface area contributed by atoms with E-state index in [-0.39, 0.29) is 36.8 Å². The Morgan fingerprint density at radius 1 is 0.864 bits per heavy atom. The Bertz CT molecular complexity index is 342. The van der Waals surface area contributed by atoms with Crippen molar-refractivity contribution in [2.24, 2.45) is 11.7 Å². The number of halogens is 2. The molecule has 0 radical (unpaired) electrons. The third-order valence-corrected chi connectivity index (χ3v) is 5.53. The lowest BCUT2D eigenvalue weighted by atomic mass is 9.85. The summed E-state index contributed by atoms with van der Waals surface area (Å²) in [5.74, 6) is 0.586. The molecular weight excluding hydrogens is 321 g/mol. The number of piperazine rings is 1. The highest BCUT2D eigenvalue weighted by atomic mass is 35.5. The molecule has 2 unspecified atom stereocenters. The SMILES string of the molecule is Cl.Cl.NC1CCCC(C(=O)N2CCN(C3CCCC3)CC2)C1. The number of nitrogens with zero attached hydrogens (tertiary/aromatic N) is 2. The summed E-state index contributed by atoms with van der Waals surface area (Å²) in [6.07, 6.45) is 9.69. The quantitative estimate of drug-likeness (QED) is 0.830. The molecule has 6 heteroatoms. The first-order valence-corrected chi connectivity index (χ1v) is 8.52. The molecule has 2 atom stereocenters. The van der Waals surface area contributed by atoms with E-state index in [9.17, 15) is 4.79 Å². The number of carbonyl (C=O) groups is 1. The van der Waals surface area contributed by atoms with Crippen molar-refractivity contribution in [3.05, 3.63) is 0 Å². The van der Waals surface area contributed by atoms with E-state index >= 15 is 0 Å². The maximum Gasteiger partial charge on any atom is 0.225 e. The second-order valence-corrected chi connectivity index (χ2v) is 6.92. The van der Waals surface area contributed by atoms with Crippen molar-refractivity contribution in [2.75, 3.05) is 26.2 Å². The van der Waals surface area contributed by atoms with E-state index in [4.69, 9.17) is 5.73 Å². The van der Waals surface area contributed by atoms with Crippen molar-refractivity contribution >= 4 is 30.7 Å². The second-order valence-electron chi connectivity index (χ2n) is 6.92. The Morgan fingerprint density at radius 2 is 1.50 bits per heavy atom. The predicted octanol–water partition coefficient (Wildman–Crippen LogP) is 2.43. The summed E-state index contributed by atoms with van der Waals surface area (Å²) in [4.78, 5) is 17.3. The molecular formula is C16H31Cl2N3O. The summed E-state index contributed by atoms with van der Waals surface area (Å²) < 4.78 is 0. The molecule has 2 N–H and O–H groups in total. The molecule has 0 aromatic heterocycles. The molecule has 2 aliphatic carbocycles. The molecule has 3 aliphatic rings. The molecule has 130 valence electrons. The molecule has 0 spiro atoms. The zero-order chi connectivity index (χ0) is 13.9. The highest BCUT2D eigenvalue weighted by Crippen LogP contribution is 2.27. The summed E-state index contributed by atoms with van der Waals surface area (Å²) in [6, 6.07) is 1.05. The van der Waals surface area contributed by atoms with Crippen LogP contribution in [0.4, 0.5) is 0 Å². The van der Waals surface area contributed by atoms with Crippen LogP contribution in [-0.4, -0.2) is 54.0 Å². The standard InChI is InChI=1S/C16H29N3O.2ClH/c17-14-5-3-4-13(12-14)16(20)19-10-8-18(9-11-19)15-6-1-2-7-15;;/h13-15H,1-12,17H2;2*1H. The zero-order valence-corrected chi connectivity index (χ0v) is 15.0. The molecule has 3 fully saturated rings. The monoisotopic (exact) mass is 351 g/mol. The van der Waals surface area contributed by atoms with Gasteiger partial charge < -0.3 is 10.6 Å². The Hall–Kier alpha value is -0.0300. The van der Waals surface area contributed by atoms with Crippen LogP contribution in [0.3, 0.4) is 0 Å². The Labute approximate surface area is 147 Å². The van der Waals surface area contributed by atoms with Crippen molar-refractivity contribution in [1.82, 2.24) is 9.80 Å². The fourth-order valence-electron chi connectivity index (χ4n) is 4.29. The van der Waals surface area contributed by atoms with Crippen LogP contribution in [0.25, 0.3) is 0 Å². The van der Waals surface area contributed by atoms with Crippen molar-refractivity contribution in [3.63, 3.8) is 0 Å². The van der Waals surface area contributed by atoms with E-state index in [1.807, 2.05) is 0 Å². The Morgan fingerprint density at radius 3 is 2.09 bits per heavy atom. The molecule has 0 aromatic rings. The maximum atomic E-state index is 12.6. The lowest BCUT2D eigenvalue weighted by Gasteiger charge is -2.40. The number of carbonyl (C=O) groups excluding carboxylic acids is 1.